The van der Waals surface area contributed by atoms with Crippen molar-refractivity contribution in [3.8, 4) is 0 Å². The molecule has 0 spiro atoms. The molecule has 0 amide bonds. The van der Waals surface area contributed by atoms with E-state index in [9.17, 15) is 4.79 Å². The van der Waals surface area contributed by atoms with Crippen molar-refractivity contribution in [2.45, 2.75) is 12.2 Å². The van der Waals surface area contributed by atoms with Gasteiger partial charge in [-0.2, -0.15) is 0 Å². The van der Waals surface area contributed by atoms with Gasteiger partial charge in [0.1, 0.15) is 0 Å². The molecule has 0 aliphatic carbocycles. The van der Waals surface area contributed by atoms with E-state index in [4.69, 9.17) is 4.74 Å². The van der Waals surface area contributed by atoms with E-state index in [0.29, 0.717) is 6.61 Å². The molecule has 1 aromatic rings. The lowest BCUT2D eigenvalue weighted by Gasteiger charge is -2.09. The number of carbonyl (C=O) groups excluding carboxylic acids is 1. The van der Waals surface area contributed by atoms with Crippen molar-refractivity contribution >= 4 is 17.5 Å². The predicted octanol–water partition coefficient (Wildman–Crippen LogP) is 2.64. The number of ketones is 1. The second kappa shape index (κ2) is 6.64. The molecular weight excluding hydrogens is 208 g/mol. The molecule has 15 heavy (non-hydrogen) atoms. The number of thioether (sulfide) groups is 1. The number of hydrogen-bond acceptors (Lipinski definition) is 3. The molecule has 0 saturated heterocycles. The van der Waals surface area contributed by atoms with Gasteiger partial charge in [-0.05, 0) is 6.92 Å². The average Bonchev–Trinajstić information content (AvgIpc) is 2.29. The number of methoxy groups -OCH3 is 1. The summed E-state index contributed by atoms with van der Waals surface area (Å²) in [7, 11) is 1.67. The van der Waals surface area contributed by atoms with Gasteiger partial charge in [0.15, 0.2) is 5.78 Å². The van der Waals surface area contributed by atoms with E-state index >= 15 is 0 Å². The third kappa shape index (κ3) is 4.06. The van der Waals surface area contributed by atoms with Gasteiger partial charge in [-0.15, -0.1) is 11.8 Å². The standard InChI is InChI=1S/C12H16O2S/c1-10(15-9-8-14-2)12(13)11-6-4-3-5-7-11/h3-7,10H,8-9H2,1-2H3. The average molecular weight is 224 g/mol. The molecule has 1 atom stereocenters. The quantitative estimate of drug-likeness (QED) is 0.549. The van der Waals surface area contributed by atoms with Crippen LogP contribution in [0.25, 0.3) is 0 Å². The van der Waals surface area contributed by atoms with E-state index in [-0.39, 0.29) is 11.0 Å². The van der Waals surface area contributed by atoms with E-state index in [1.807, 2.05) is 37.3 Å². The smallest absolute Gasteiger partial charge is 0.175 e. The van der Waals surface area contributed by atoms with Crippen LogP contribution in [-0.4, -0.2) is 30.5 Å². The molecule has 0 aliphatic rings. The second-order valence-electron chi connectivity index (χ2n) is 3.24. The van der Waals surface area contributed by atoms with Crippen molar-refractivity contribution in [2.24, 2.45) is 0 Å². The molecule has 1 aromatic carbocycles. The summed E-state index contributed by atoms with van der Waals surface area (Å²) in [5.41, 5.74) is 0.787. The van der Waals surface area contributed by atoms with E-state index in [2.05, 4.69) is 0 Å². The van der Waals surface area contributed by atoms with Gasteiger partial charge in [-0.25, -0.2) is 0 Å². The first kappa shape index (κ1) is 12.3. The van der Waals surface area contributed by atoms with Crippen LogP contribution in [0, 0.1) is 0 Å². The molecule has 0 fully saturated rings. The van der Waals surface area contributed by atoms with Crippen molar-refractivity contribution < 1.29 is 9.53 Å². The number of Topliss-reactive ketones (excluding diaryl/α,β-unsaturated/α-hetero) is 1. The summed E-state index contributed by atoms with van der Waals surface area (Å²) < 4.78 is 4.95. The van der Waals surface area contributed by atoms with Crippen LogP contribution in [0.15, 0.2) is 30.3 Å². The van der Waals surface area contributed by atoms with Crippen LogP contribution in [-0.2, 0) is 4.74 Å². The number of ether oxygens (including phenoxy) is 1. The minimum absolute atomic E-state index is 0.00236. The number of hydrogen-bond donors (Lipinski definition) is 0. The van der Waals surface area contributed by atoms with Gasteiger partial charge in [-0.3, -0.25) is 4.79 Å². The molecule has 0 radical (unpaired) electrons. The maximum absolute atomic E-state index is 11.9. The largest absolute Gasteiger partial charge is 0.384 e. The summed E-state index contributed by atoms with van der Waals surface area (Å²) in [5, 5.41) is 0.00236. The lowest BCUT2D eigenvalue weighted by molar-refractivity contribution is 0.0994. The van der Waals surface area contributed by atoms with Crippen LogP contribution < -0.4 is 0 Å². The fourth-order valence-electron chi connectivity index (χ4n) is 1.22. The normalized spacial score (nSPS) is 12.4. The van der Waals surface area contributed by atoms with Crippen molar-refractivity contribution in [2.75, 3.05) is 19.5 Å². The van der Waals surface area contributed by atoms with Gasteiger partial charge in [0, 0.05) is 18.4 Å². The lowest BCUT2D eigenvalue weighted by atomic mass is 10.1. The predicted molar refractivity (Wildman–Crippen MR) is 64.6 cm³/mol. The Bertz CT molecular complexity index is 298. The van der Waals surface area contributed by atoms with Crippen LogP contribution in [0.1, 0.15) is 17.3 Å². The second-order valence-corrected chi connectivity index (χ2v) is 4.68. The third-order valence-electron chi connectivity index (χ3n) is 2.08. The van der Waals surface area contributed by atoms with E-state index in [1.54, 1.807) is 18.9 Å². The Hall–Kier alpha value is -0.800. The molecule has 0 heterocycles. The van der Waals surface area contributed by atoms with Crippen LogP contribution >= 0.6 is 11.8 Å². The monoisotopic (exact) mass is 224 g/mol. The SMILES string of the molecule is COCCSC(C)C(=O)c1ccccc1. The first-order valence-corrected chi connectivity index (χ1v) is 6.00. The third-order valence-corrected chi connectivity index (χ3v) is 3.20. The number of carbonyl (C=O) groups is 1. The maximum atomic E-state index is 11.9. The molecule has 1 unspecified atom stereocenters. The summed E-state index contributed by atoms with van der Waals surface area (Å²) >= 11 is 1.63. The fraction of sp³-hybridized carbons (Fsp3) is 0.417. The van der Waals surface area contributed by atoms with Gasteiger partial charge in [0.2, 0.25) is 0 Å². The van der Waals surface area contributed by atoms with Crippen LogP contribution in [0.5, 0.6) is 0 Å². The van der Waals surface area contributed by atoms with E-state index in [1.165, 1.54) is 0 Å². The van der Waals surface area contributed by atoms with Crippen molar-refractivity contribution in [3.63, 3.8) is 0 Å². The van der Waals surface area contributed by atoms with Gasteiger partial charge in [-0.1, -0.05) is 30.3 Å². The van der Waals surface area contributed by atoms with Crippen LogP contribution in [0.2, 0.25) is 0 Å². The zero-order valence-corrected chi connectivity index (χ0v) is 9.92. The molecule has 1 rings (SSSR count). The zero-order chi connectivity index (χ0) is 11.1. The first-order valence-electron chi connectivity index (χ1n) is 4.95. The highest BCUT2D eigenvalue weighted by molar-refractivity contribution is 8.00. The molecule has 0 saturated carbocycles. The Kier molecular flexibility index (Phi) is 5.43. The highest BCUT2D eigenvalue weighted by Gasteiger charge is 2.14. The Morgan fingerprint density at radius 2 is 2.07 bits per heavy atom. The Morgan fingerprint density at radius 3 is 2.67 bits per heavy atom. The highest BCUT2D eigenvalue weighted by Crippen LogP contribution is 2.15. The molecule has 0 aliphatic heterocycles. The van der Waals surface area contributed by atoms with Gasteiger partial charge >= 0.3 is 0 Å². The summed E-state index contributed by atoms with van der Waals surface area (Å²) in [4.78, 5) is 11.9. The van der Waals surface area contributed by atoms with Crippen LogP contribution in [0.4, 0.5) is 0 Å². The van der Waals surface area contributed by atoms with E-state index in [0.717, 1.165) is 11.3 Å². The molecule has 2 nitrogen and oxygen atoms in total. The first-order chi connectivity index (χ1) is 7.25. The van der Waals surface area contributed by atoms with Crippen LogP contribution in [0.3, 0.4) is 0 Å². The summed E-state index contributed by atoms with van der Waals surface area (Å²) in [6.45, 7) is 2.63. The lowest BCUT2D eigenvalue weighted by Crippen LogP contribution is -2.14. The van der Waals surface area contributed by atoms with E-state index < -0.39 is 0 Å². The molecular formula is C12H16O2S. The molecule has 3 heteroatoms. The summed E-state index contributed by atoms with van der Waals surface area (Å²) in [6, 6.07) is 9.41. The molecule has 0 N–H and O–H groups in total. The van der Waals surface area contributed by atoms with Crippen molar-refractivity contribution in [1.29, 1.82) is 0 Å². The maximum Gasteiger partial charge on any atom is 0.175 e. The van der Waals surface area contributed by atoms with Crippen molar-refractivity contribution in [3.05, 3.63) is 35.9 Å². The topological polar surface area (TPSA) is 26.3 Å². The Labute approximate surface area is 95.0 Å². The zero-order valence-electron chi connectivity index (χ0n) is 9.10. The molecule has 82 valence electrons. The van der Waals surface area contributed by atoms with Gasteiger partial charge in [0.05, 0.1) is 11.9 Å². The Morgan fingerprint density at radius 1 is 1.40 bits per heavy atom. The van der Waals surface area contributed by atoms with Crippen molar-refractivity contribution in [1.82, 2.24) is 0 Å². The fourth-order valence-corrected chi connectivity index (χ4v) is 2.12. The molecule has 0 bridgehead atoms. The number of benzene rings is 1. The summed E-state index contributed by atoms with van der Waals surface area (Å²) in [5.74, 6) is 1.05. The molecule has 0 aromatic heterocycles. The minimum atomic E-state index is 0.00236. The van der Waals surface area contributed by atoms with Gasteiger partial charge < -0.3 is 4.74 Å². The highest BCUT2D eigenvalue weighted by atomic mass is 32.2. The number of rotatable bonds is 6. The Balaban J connectivity index is 2.46. The van der Waals surface area contributed by atoms with Gasteiger partial charge in [0.25, 0.3) is 0 Å². The minimum Gasteiger partial charge on any atom is -0.384 e. The summed E-state index contributed by atoms with van der Waals surface area (Å²) in [6.07, 6.45) is 0.